The summed E-state index contributed by atoms with van der Waals surface area (Å²) in [6, 6.07) is 5.57. The number of hydrogen-bond acceptors (Lipinski definition) is 4. The number of nitrogens with zero attached hydrogens (tertiary/aromatic N) is 2. The zero-order valence-corrected chi connectivity index (χ0v) is 12.1. The van der Waals surface area contributed by atoms with Gasteiger partial charge in [-0.1, -0.05) is 15.9 Å². The third-order valence-electron chi connectivity index (χ3n) is 2.05. The molecule has 18 heavy (non-hydrogen) atoms. The van der Waals surface area contributed by atoms with Gasteiger partial charge in [0.2, 0.25) is 0 Å². The molecule has 0 saturated carbocycles. The van der Waals surface area contributed by atoms with Gasteiger partial charge in [-0.05, 0) is 34.1 Å². The van der Waals surface area contributed by atoms with E-state index in [4.69, 9.17) is 5.11 Å². The molecule has 1 heterocycles. The second-order valence-corrected chi connectivity index (χ2v) is 5.11. The predicted octanol–water partition coefficient (Wildman–Crippen LogP) is 3.44. The lowest BCUT2D eigenvalue weighted by Crippen LogP contribution is -2.04. The van der Waals surface area contributed by atoms with Crippen molar-refractivity contribution in [2.45, 2.75) is 0 Å². The van der Waals surface area contributed by atoms with Gasteiger partial charge in [-0.2, -0.15) is 0 Å². The molecule has 0 unspecified atom stereocenters. The van der Waals surface area contributed by atoms with Crippen LogP contribution < -0.4 is 5.32 Å². The number of halogens is 2. The highest BCUT2D eigenvalue weighted by molar-refractivity contribution is 9.11. The molecule has 0 fully saturated rings. The Hall–Kier alpha value is -1.47. The maximum absolute atomic E-state index is 10.8. The fourth-order valence-electron chi connectivity index (χ4n) is 1.26. The van der Waals surface area contributed by atoms with Gasteiger partial charge in [0, 0.05) is 8.95 Å². The maximum Gasteiger partial charge on any atom is 0.356 e. The molecule has 1 aromatic carbocycles. The van der Waals surface area contributed by atoms with Gasteiger partial charge in [0.05, 0.1) is 18.1 Å². The van der Waals surface area contributed by atoms with Crippen molar-refractivity contribution in [3.63, 3.8) is 0 Å². The van der Waals surface area contributed by atoms with E-state index in [-0.39, 0.29) is 5.69 Å². The average Bonchev–Trinajstić information content (AvgIpc) is 2.33. The quantitative estimate of drug-likeness (QED) is 0.863. The lowest BCUT2D eigenvalue weighted by molar-refractivity contribution is 0.0690. The average molecular weight is 373 g/mol. The second-order valence-electron chi connectivity index (χ2n) is 3.34. The monoisotopic (exact) mass is 371 g/mol. The molecule has 0 spiro atoms. The lowest BCUT2D eigenvalue weighted by Gasteiger charge is -2.08. The van der Waals surface area contributed by atoms with Crippen molar-refractivity contribution < 1.29 is 9.90 Å². The molecule has 0 radical (unpaired) electrons. The Morgan fingerprint density at radius 2 is 2.06 bits per heavy atom. The maximum atomic E-state index is 10.8. The van der Waals surface area contributed by atoms with E-state index in [2.05, 4.69) is 47.1 Å². The molecule has 5 nitrogen and oxygen atoms in total. The molecular formula is C11H7Br2N3O2. The first-order valence-electron chi connectivity index (χ1n) is 4.83. The van der Waals surface area contributed by atoms with E-state index in [1.165, 1.54) is 12.4 Å². The molecule has 7 heteroatoms. The topological polar surface area (TPSA) is 75.1 Å². The Bertz CT molecular complexity index is 605. The van der Waals surface area contributed by atoms with Crippen molar-refractivity contribution in [2.24, 2.45) is 0 Å². The van der Waals surface area contributed by atoms with Gasteiger partial charge >= 0.3 is 5.97 Å². The number of carboxylic acids is 1. The summed E-state index contributed by atoms with van der Waals surface area (Å²) in [5, 5.41) is 11.8. The molecule has 2 rings (SSSR count). The number of anilines is 2. The van der Waals surface area contributed by atoms with E-state index >= 15 is 0 Å². The highest BCUT2D eigenvalue weighted by Crippen LogP contribution is 2.28. The molecule has 1 aromatic heterocycles. The summed E-state index contributed by atoms with van der Waals surface area (Å²) in [5.74, 6) is -0.737. The van der Waals surface area contributed by atoms with Gasteiger partial charge in [0.15, 0.2) is 5.69 Å². The van der Waals surface area contributed by atoms with E-state index < -0.39 is 5.97 Å². The van der Waals surface area contributed by atoms with Crippen LogP contribution in [0.15, 0.2) is 39.5 Å². The van der Waals surface area contributed by atoms with Crippen LogP contribution in [0.5, 0.6) is 0 Å². The second kappa shape index (κ2) is 5.45. The van der Waals surface area contributed by atoms with Crippen LogP contribution in [-0.2, 0) is 0 Å². The Labute approximate surface area is 120 Å². The van der Waals surface area contributed by atoms with Crippen LogP contribution in [0.3, 0.4) is 0 Å². The van der Waals surface area contributed by atoms with Crippen molar-refractivity contribution in [2.75, 3.05) is 5.32 Å². The number of benzene rings is 1. The molecule has 0 saturated heterocycles. The number of carboxylic acid groups (broad SMARTS) is 1. The largest absolute Gasteiger partial charge is 0.476 e. The van der Waals surface area contributed by atoms with Crippen LogP contribution in [-0.4, -0.2) is 21.0 Å². The minimum atomic E-state index is -1.11. The Kier molecular flexibility index (Phi) is 3.93. The lowest BCUT2D eigenvalue weighted by atomic mass is 10.3. The van der Waals surface area contributed by atoms with E-state index in [9.17, 15) is 4.79 Å². The molecule has 92 valence electrons. The summed E-state index contributed by atoms with van der Waals surface area (Å²) in [6.45, 7) is 0. The molecule has 2 aromatic rings. The highest BCUT2D eigenvalue weighted by Gasteiger charge is 2.07. The van der Waals surface area contributed by atoms with Gasteiger partial charge in [-0.3, -0.25) is 4.98 Å². The number of nitrogens with one attached hydrogen (secondary N) is 1. The first-order chi connectivity index (χ1) is 8.56. The van der Waals surface area contributed by atoms with Crippen molar-refractivity contribution in [3.05, 3.63) is 45.2 Å². The van der Waals surface area contributed by atoms with Crippen LogP contribution >= 0.6 is 31.9 Å². The molecule has 2 N–H and O–H groups in total. The van der Waals surface area contributed by atoms with Crippen molar-refractivity contribution in [1.29, 1.82) is 0 Å². The fourth-order valence-corrected chi connectivity index (χ4v) is 2.40. The van der Waals surface area contributed by atoms with Gasteiger partial charge in [-0.25, -0.2) is 9.78 Å². The number of aromatic carboxylic acids is 1. The fraction of sp³-hybridized carbons (Fsp3) is 0. The Morgan fingerprint density at radius 3 is 2.72 bits per heavy atom. The molecule has 0 aliphatic rings. The number of carbonyl (C=O) groups is 1. The van der Waals surface area contributed by atoms with Crippen LogP contribution in [0.25, 0.3) is 0 Å². The minimum absolute atomic E-state index is 0.103. The number of aromatic nitrogens is 2. The third-order valence-corrected chi connectivity index (χ3v) is 3.20. The molecule has 0 aliphatic carbocycles. The minimum Gasteiger partial charge on any atom is -0.476 e. The van der Waals surface area contributed by atoms with E-state index in [1.54, 1.807) is 0 Å². The van der Waals surface area contributed by atoms with Crippen molar-refractivity contribution in [1.82, 2.24) is 9.97 Å². The normalized spacial score (nSPS) is 10.1. The molecule has 0 atom stereocenters. The summed E-state index contributed by atoms with van der Waals surface area (Å²) in [6.07, 6.45) is 2.66. The van der Waals surface area contributed by atoms with E-state index in [0.29, 0.717) is 5.82 Å². The summed E-state index contributed by atoms with van der Waals surface area (Å²) in [7, 11) is 0. The zero-order chi connectivity index (χ0) is 13.1. The van der Waals surface area contributed by atoms with Gasteiger partial charge in [-0.15, -0.1) is 0 Å². The number of rotatable bonds is 3. The highest BCUT2D eigenvalue weighted by atomic mass is 79.9. The summed E-state index contributed by atoms with van der Waals surface area (Å²) in [5.41, 5.74) is 0.670. The number of hydrogen-bond donors (Lipinski definition) is 2. The summed E-state index contributed by atoms with van der Waals surface area (Å²) in [4.78, 5) is 18.5. The predicted molar refractivity (Wildman–Crippen MR) is 74.1 cm³/mol. The van der Waals surface area contributed by atoms with Crippen LogP contribution in [0, 0.1) is 0 Å². The van der Waals surface area contributed by atoms with Crippen LogP contribution in [0.2, 0.25) is 0 Å². The summed E-state index contributed by atoms with van der Waals surface area (Å²) >= 11 is 6.74. The van der Waals surface area contributed by atoms with Gasteiger partial charge in [0.25, 0.3) is 0 Å². The third kappa shape index (κ3) is 3.05. The van der Waals surface area contributed by atoms with Crippen molar-refractivity contribution in [3.8, 4) is 0 Å². The van der Waals surface area contributed by atoms with E-state index in [1.807, 2.05) is 18.2 Å². The molecular weight excluding hydrogens is 366 g/mol. The summed E-state index contributed by atoms with van der Waals surface area (Å²) < 4.78 is 1.77. The van der Waals surface area contributed by atoms with Crippen LogP contribution in [0.1, 0.15) is 10.5 Å². The Morgan fingerprint density at radius 1 is 1.28 bits per heavy atom. The SMILES string of the molecule is O=C(O)c1cncc(Nc2ccc(Br)cc2Br)n1. The first-order valence-corrected chi connectivity index (χ1v) is 6.42. The van der Waals surface area contributed by atoms with Gasteiger partial charge < -0.3 is 10.4 Å². The standard InChI is InChI=1S/C11H7Br2N3O2/c12-6-1-2-8(7(13)3-6)15-10-5-14-4-9(16-10)11(17)18/h1-5H,(H,15,16)(H,17,18). The van der Waals surface area contributed by atoms with Crippen LogP contribution in [0.4, 0.5) is 11.5 Å². The van der Waals surface area contributed by atoms with Gasteiger partial charge in [0.1, 0.15) is 5.82 Å². The smallest absolute Gasteiger partial charge is 0.356 e. The Balaban J connectivity index is 2.28. The van der Waals surface area contributed by atoms with Crippen molar-refractivity contribution >= 4 is 49.3 Å². The molecule has 0 amide bonds. The first kappa shape index (κ1) is 13.0. The van der Waals surface area contributed by atoms with E-state index in [0.717, 1.165) is 14.6 Å². The zero-order valence-electron chi connectivity index (χ0n) is 8.89. The molecule has 0 aliphatic heterocycles. The molecule has 0 bridgehead atoms.